The Bertz CT molecular complexity index is 720. The SMILES string of the molecule is C=CC[C@@H]1C(O)=Cc2ccc(C)c(-c3ccc(C)cc3)c21. The fraction of sp³-hybridized carbons (Fsp3) is 0.200. The largest absolute Gasteiger partial charge is 0.512 e. The molecule has 0 fully saturated rings. The van der Waals surface area contributed by atoms with Crippen molar-refractivity contribution in [3.05, 3.63) is 77.1 Å². The average Bonchev–Trinajstić information content (AvgIpc) is 2.78. The number of hydrogen-bond acceptors (Lipinski definition) is 1. The summed E-state index contributed by atoms with van der Waals surface area (Å²) < 4.78 is 0. The molecule has 1 aliphatic carbocycles. The number of allylic oxidation sites excluding steroid dienone is 2. The molecule has 1 heteroatoms. The van der Waals surface area contributed by atoms with E-state index >= 15 is 0 Å². The van der Waals surface area contributed by atoms with Crippen LogP contribution in [0.15, 0.2) is 54.8 Å². The van der Waals surface area contributed by atoms with E-state index < -0.39 is 0 Å². The maximum absolute atomic E-state index is 10.3. The minimum absolute atomic E-state index is 0.0358. The topological polar surface area (TPSA) is 20.2 Å². The zero-order valence-corrected chi connectivity index (χ0v) is 12.6. The summed E-state index contributed by atoms with van der Waals surface area (Å²) in [5.41, 5.74) is 7.32. The lowest BCUT2D eigenvalue weighted by Gasteiger charge is -2.18. The summed E-state index contributed by atoms with van der Waals surface area (Å²) >= 11 is 0. The number of benzene rings is 2. The molecule has 0 bridgehead atoms. The van der Waals surface area contributed by atoms with Crippen LogP contribution in [-0.2, 0) is 0 Å². The van der Waals surface area contributed by atoms with E-state index in [1.807, 2.05) is 12.2 Å². The predicted molar refractivity (Wildman–Crippen MR) is 89.5 cm³/mol. The Morgan fingerprint density at radius 3 is 2.48 bits per heavy atom. The van der Waals surface area contributed by atoms with E-state index in [0.717, 1.165) is 12.0 Å². The summed E-state index contributed by atoms with van der Waals surface area (Å²) in [5, 5.41) is 10.3. The first-order valence-corrected chi connectivity index (χ1v) is 7.34. The van der Waals surface area contributed by atoms with Crippen molar-refractivity contribution in [2.24, 2.45) is 0 Å². The fourth-order valence-electron chi connectivity index (χ4n) is 3.16. The number of fused-ring (bicyclic) bond motifs is 1. The Hall–Kier alpha value is -2.28. The lowest BCUT2D eigenvalue weighted by atomic mass is 9.86. The molecule has 2 aromatic rings. The lowest BCUT2D eigenvalue weighted by Crippen LogP contribution is -2.01. The van der Waals surface area contributed by atoms with Crippen molar-refractivity contribution in [1.29, 1.82) is 0 Å². The van der Waals surface area contributed by atoms with Gasteiger partial charge in [-0.3, -0.25) is 0 Å². The second-order valence-electron chi connectivity index (χ2n) is 5.77. The monoisotopic (exact) mass is 276 g/mol. The molecule has 0 amide bonds. The van der Waals surface area contributed by atoms with Gasteiger partial charge in [0.25, 0.3) is 0 Å². The molecule has 0 aromatic heterocycles. The van der Waals surface area contributed by atoms with Crippen LogP contribution in [0.5, 0.6) is 0 Å². The van der Waals surface area contributed by atoms with Crippen LogP contribution in [0.25, 0.3) is 17.2 Å². The highest BCUT2D eigenvalue weighted by Gasteiger charge is 2.28. The molecule has 21 heavy (non-hydrogen) atoms. The van der Waals surface area contributed by atoms with Crippen molar-refractivity contribution in [2.75, 3.05) is 0 Å². The minimum Gasteiger partial charge on any atom is -0.512 e. The Labute approximate surface area is 126 Å². The quantitative estimate of drug-likeness (QED) is 0.729. The van der Waals surface area contributed by atoms with Gasteiger partial charge >= 0.3 is 0 Å². The first-order valence-electron chi connectivity index (χ1n) is 7.34. The van der Waals surface area contributed by atoms with Gasteiger partial charge in [0.1, 0.15) is 5.76 Å². The van der Waals surface area contributed by atoms with Gasteiger partial charge in [0.15, 0.2) is 0 Å². The molecule has 0 aliphatic heterocycles. The summed E-state index contributed by atoms with van der Waals surface area (Å²) in [5.74, 6) is 0.484. The van der Waals surface area contributed by atoms with E-state index in [-0.39, 0.29) is 5.92 Å². The second kappa shape index (κ2) is 5.25. The molecule has 1 N–H and O–H groups in total. The number of aliphatic hydroxyl groups excluding tert-OH is 1. The maximum atomic E-state index is 10.3. The van der Waals surface area contributed by atoms with Crippen LogP contribution in [0.4, 0.5) is 0 Å². The van der Waals surface area contributed by atoms with E-state index in [0.29, 0.717) is 5.76 Å². The molecule has 0 spiro atoms. The molecule has 0 radical (unpaired) electrons. The summed E-state index contributed by atoms with van der Waals surface area (Å²) in [4.78, 5) is 0. The number of rotatable bonds is 3. The van der Waals surface area contributed by atoms with Crippen molar-refractivity contribution in [1.82, 2.24) is 0 Å². The zero-order valence-electron chi connectivity index (χ0n) is 12.6. The Morgan fingerprint density at radius 1 is 1.10 bits per heavy atom. The molecular weight excluding hydrogens is 256 g/mol. The first kappa shape index (κ1) is 13.7. The molecule has 3 rings (SSSR count). The van der Waals surface area contributed by atoms with Crippen molar-refractivity contribution in [2.45, 2.75) is 26.2 Å². The van der Waals surface area contributed by atoms with Crippen molar-refractivity contribution in [3.8, 4) is 11.1 Å². The Balaban J connectivity index is 2.21. The fourth-order valence-corrected chi connectivity index (χ4v) is 3.16. The van der Waals surface area contributed by atoms with E-state index in [1.54, 1.807) is 0 Å². The van der Waals surface area contributed by atoms with Gasteiger partial charge in [-0.15, -0.1) is 6.58 Å². The van der Waals surface area contributed by atoms with E-state index in [1.165, 1.54) is 27.8 Å². The van der Waals surface area contributed by atoms with Gasteiger partial charge in [-0.05, 0) is 54.2 Å². The van der Waals surface area contributed by atoms with Gasteiger partial charge in [-0.2, -0.15) is 0 Å². The van der Waals surface area contributed by atoms with Gasteiger partial charge < -0.3 is 5.11 Å². The normalized spacial score (nSPS) is 16.5. The van der Waals surface area contributed by atoms with E-state index in [9.17, 15) is 5.11 Å². The van der Waals surface area contributed by atoms with Gasteiger partial charge in [-0.25, -0.2) is 0 Å². The first-order chi connectivity index (χ1) is 10.1. The van der Waals surface area contributed by atoms with Crippen LogP contribution in [0.2, 0.25) is 0 Å². The molecule has 0 heterocycles. The molecule has 0 saturated heterocycles. The molecule has 1 aliphatic rings. The highest BCUT2D eigenvalue weighted by molar-refractivity contribution is 5.80. The van der Waals surface area contributed by atoms with Crippen LogP contribution in [0.1, 0.15) is 34.6 Å². The molecule has 2 aromatic carbocycles. The predicted octanol–water partition coefficient (Wildman–Crippen LogP) is 5.54. The highest BCUT2D eigenvalue weighted by atomic mass is 16.3. The Morgan fingerprint density at radius 2 is 1.81 bits per heavy atom. The third-order valence-electron chi connectivity index (χ3n) is 4.24. The van der Waals surface area contributed by atoms with Crippen molar-refractivity contribution < 1.29 is 5.11 Å². The molecule has 0 saturated carbocycles. The number of hydrogen-bond donors (Lipinski definition) is 1. The van der Waals surface area contributed by atoms with Gasteiger partial charge in [0, 0.05) is 5.92 Å². The molecule has 1 nitrogen and oxygen atoms in total. The average molecular weight is 276 g/mol. The summed E-state index contributed by atoms with van der Waals surface area (Å²) in [6, 6.07) is 12.8. The number of aliphatic hydroxyl groups is 1. The molecule has 1 atom stereocenters. The van der Waals surface area contributed by atoms with Crippen molar-refractivity contribution >= 4 is 6.08 Å². The zero-order chi connectivity index (χ0) is 15.0. The van der Waals surface area contributed by atoms with Gasteiger partial charge in [0.2, 0.25) is 0 Å². The van der Waals surface area contributed by atoms with Crippen LogP contribution < -0.4 is 0 Å². The van der Waals surface area contributed by atoms with E-state index in [2.05, 4.69) is 56.8 Å². The maximum Gasteiger partial charge on any atom is 0.101 e. The van der Waals surface area contributed by atoms with Gasteiger partial charge in [0.05, 0.1) is 0 Å². The Kier molecular flexibility index (Phi) is 3.42. The lowest BCUT2D eigenvalue weighted by molar-refractivity contribution is 0.378. The second-order valence-corrected chi connectivity index (χ2v) is 5.77. The summed E-state index contributed by atoms with van der Waals surface area (Å²) in [6.07, 6.45) is 4.53. The van der Waals surface area contributed by atoms with Crippen LogP contribution in [0.3, 0.4) is 0 Å². The molecule has 106 valence electrons. The van der Waals surface area contributed by atoms with Crippen LogP contribution in [-0.4, -0.2) is 5.11 Å². The van der Waals surface area contributed by atoms with Crippen LogP contribution >= 0.6 is 0 Å². The van der Waals surface area contributed by atoms with Gasteiger partial charge in [-0.1, -0.05) is 48.0 Å². The molecule has 0 unspecified atom stereocenters. The number of aryl methyl sites for hydroxylation is 2. The minimum atomic E-state index is 0.0358. The highest BCUT2D eigenvalue weighted by Crippen LogP contribution is 2.44. The van der Waals surface area contributed by atoms with Crippen LogP contribution in [0, 0.1) is 13.8 Å². The van der Waals surface area contributed by atoms with Crippen molar-refractivity contribution in [3.63, 3.8) is 0 Å². The third kappa shape index (κ3) is 2.29. The summed E-state index contributed by atoms with van der Waals surface area (Å²) in [6.45, 7) is 8.06. The van der Waals surface area contributed by atoms with E-state index in [4.69, 9.17) is 0 Å². The molecular formula is C20H20O. The third-order valence-corrected chi connectivity index (χ3v) is 4.24. The summed E-state index contributed by atoms with van der Waals surface area (Å²) in [7, 11) is 0. The smallest absolute Gasteiger partial charge is 0.101 e. The standard InChI is InChI=1S/C20H20O/c1-4-5-17-18(21)12-16-11-8-14(3)19(20(16)17)15-9-6-13(2)7-10-15/h4,6-12,17,21H,1,5H2,2-3H3/t17-/m1/s1.